The lowest BCUT2D eigenvalue weighted by Crippen LogP contribution is -2.09. The summed E-state index contributed by atoms with van der Waals surface area (Å²) in [5, 5.41) is 5.09. The zero-order chi connectivity index (χ0) is 13.8. The van der Waals surface area contributed by atoms with Crippen LogP contribution in [0.5, 0.6) is 0 Å². The number of carbonyl (C=O) groups excluding carboxylic acids is 1. The molecule has 2 aromatic rings. The summed E-state index contributed by atoms with van der Waals surface area (Å²) < 4.78 is 6.53. The smallest absolute Gasteiger partial charge is 0.340 e. The molecule has 0 spiro atoms. The van der Waals surface area contributed by atoms with Crippen LogP contribution in [0.2, 0.25) is 0 Å². The van der Waals surface area contributed by atoms with Crippen LogP contribution < -0.4 is 5.73 Å². The second kappa shape index (κ2) is 5.70. The summed E-state index contributed by atoms with van der Waals surface area (Å²) >= 11 is 1.24. The van der Waals surface area contributed by atoms with Gasteiger partial charge in [-0.25, -0.2) is 19.4 Å². The molecule has 0 aliphatic heterocycles. The third kappa shape index (κ3) is 2.84. The molecule has 0 radical (unpaired) electrons. The normalized spacial score (nSPS) is 10.4. The molecule has 2 rings (SSSR count). The number of anilines is 1. The van der Waals surface area contributed by atoms with E-state index in [1.54, 1.807) is 18.7 Å². The van der Waals surface area contributed by atoms with Crippen LogP contribution in [0.3, 0.4) is 0 Å². The SMILES string of the molecule is CCOC(=O)c1ccnc(Sc2ncnn2C)c1N. The van der Waals surface area contributed by atoms with E-state index in [4.69, 9.17) is 10.5 Å². The van der Waals surface area contributed by atoms with E-state index in [1.165, 1.54) is 30.4 Å². The fourth-order valence-corrected chi connectivity index (χ4v) is 2.17. The topological polar surface area (TPSA) is 95.9 Å². The molecule has 7 nitrogen and oxygen atoms in total. The average Bonchev–Trinajstić information content (AvgIpc) is 2.78. The fraction of sp³-hybridized carbons (Fsp3) is 0.273. The molecule has 0 bridgehead atoms. The van der Waals surface area contributed by atoms with Crippen molar-refractivity contribution in [3.8, 4) is 0 Å². The van der Waals surface area contributed by atoms with Crippen LogP contribution >= 0.6 is 11.8 Å². The van der Waals surface area contributed by atoms with Crippen LogP contribution in [0.25, 0.3) is 0 Å². The number of carbonyl (C=O) groups is 1. The summed E-state index contributed by atoms with van der Waals surface area (Å²) in [7, 11) is 1.76. The van der Waals surface area contributed by atoms with Gasteiger partial charge in [-0.3, -0.25) is 0 Å². The summed E-state index contributed by atoms with van der Waals surface area (Å²) in [6, 6.07) is 1.54. The third-order valence-electron chi connectivity index (χ3n) is 2.31. The molecular formula is C11H13N5O2S. The number of esters is 1. The number of nitrogens with zero attached hydrogens (tertiary/aromatic N) is 4. The Morgan fingerprint density at radius 2 is 2.32 bits per heavy atom. The van der Waals surface area contributed by atoms with Crippen LogP contribution in [-0.4, -0.2) is 32.3 Å². The van der Waals surface area contributed by atoms with Gasteiger partial charge in [0.25, 0.3) is 0 Å². The zero-order valence-electron chi connectivity index (χ0n) is 10.5. The van der Waals surface area contributed by atoms with E-state index in [-0.39, 0.29) is 5.69 Å². The molecule has 0 aromatic carbocycles. The third-order valence-corrected chi connectivity index (χ3v) is 3.38. The van der Waals surface area contributed by atoms with Gasteiger partial charge in [0, 0.05) is 13.2 Å². The van der Waals surface area contributed by atoms with E-state index in [0.717, 1.165) is 0 Å². The van der Waals surface area contributed by atoms with Crippen molar-refractivity contribution >= 4 is 23.4 Å². The number of nitrogen functional groups attached to an aromatic ring is 1. The van der Waals surface area contributed by atoms with E-state index >= 15 is 0 Å². The molecule has 0 amide bonds. The summed E-state index contributed by atoms with van der Waals surface area (Å²) in [5.74, 6) is -0.456. The maximum atomic E-state index is 11.7. The number of hydrogen-bond acceptors (Lipinski definition) is 7. The molecule has 0 atom stereocenters. The van der Waals surface area contributed by atoms with Gasteiger partial charge in [0.1, 0.15) is 11.4 Å². The number of aryl methyl sites for hydroxylation is 1. The molecule has 100 valence electrons. The standard InChI is InChI=1S/C11H13N5O2S/c1-3-18-10(17)7-4-5-13-9(8(7)12)19-11-14-6-15-16(11)2/h4-6H,3,12H2,1-2H3. The highest BCUT2D eigenvalue weighted by Gasteiger charge is 2.16. The molecule has 0 fully saturated rings. The summed E-state index contributed by atoms with van der Waals surface area (Å²) in [6.45, 7) is 2.04. The zero-order valence-corrected chi connectivity index (χ0v) is 11.3. The number of rotatable bonds is 4. The first kappa shape index (κ1) is 13.3. The lowest BCUT2D eigenvalue weighted by atomic mass is 10.2. The Balaban J connectivity index is 2.30. The van der Waals surface area contributed by atoms with Gasteiger partial charge in [-0.15, -0.1) is 0 Å². The number of pyridine rings is 1. The van der Waals surface area contributed by atoms with Gasteiger partial charge in [-0.2, -0.15) is 5.10 Å². The van der Waals surface area contributed by atoms with Gasteiger partial charge in [0.05, 0.1) is 17.9 Å². The van der Waals surface area contributed by atoms with E-state index < -0.39 is 5.97 Å². The van der Waals surface area contributed by atoms with Crippen molar-refractivity contribution < 1.29 is 9.53 Å². The molecule has 2 aromatic heterocycles. The molecule has 2 N–H and O–H groups in total. The van der Waals surface area contributed by atoms with Crippen LogP contribution in [0.15, 0.2) is 28.8 Å². The molecule has 0 saturated heterocycles. The van der Waals surface area contributed by atoms with E-state index in [9.17, 15) is 4.79 Å². The second-order valence-corrected chi connectivity index (χ2v) is 4.52. The molecule has 8 heteroatoms. The first-order valence-electron chi connectivity index (χ1n) is 5.57. The first-order chi connectivity index (χ1) is 9.13. The Morgan fingerprint density at radius 3 is 2.95 bits per heavy atom. The molecule has 0 unspecified atom stereocenters. The molecular weight excluding hydrogens is 266 g/mol. The fourth-order valence-electron chi connectivity index (χ4n) is 1.39. The molecule has 0 aliphatic carbocycles. The maximum absolute atomic E-state index is 11.7. The predicted molar refractivity (Wildman–Crippen MR) is 69.7 cm³/mol. The minimum atomic E-state index is -0.456. The van der Waals surface area contributed by atoms with Gasteiger partial charge >= 0.3 is 5.97 Å². The van der Waals surface area contributed by atoms with E-state index in [1.807, 2.05) is 0 Å². The Bertz CT molecular complexity index is 599. The van der Waals surface area contributed by atoms with Crippen molar-refractivity contribution in [2.75, 3.05) is 12.3 Å². The number of aromatic nitrogens is 4. The van der Waals surface area contributed by atoms with Gasteiger partial charge in [-0.05, 0) is 24.8 Å². The highest BCUT2D eigenvalue weighted by Crippen LogP contribution is 2.30. The number of nitrogens with two attached hydrogens (primary N) is 1. The van der Waals surface area contributed by atoms with Crippen molar-refractivity contribution in [1.29, 1.82) is 0 Å². The van der Waals surface area contributed by atoms with Gasteiger partial charge < -0.3 is 10.5 Å². The minimum absolute atomic E-state index is 0.286. The van der Waals surface area contributed by atoms with Crippen LogP contribution in [0, 0.1) is 0 Å². The lowest BCUT2D eigenvalue weighted by Gasteiger charge is -2.08. The van der Waals surface area contributed by atoms with Crippen molar-refractivity contribution in [2.45, 2.75) is 17.1 Å². The summed E-state index contributed by atoms with van der Waals surface area (Å²) in [6.07, 6.45) is 2.95. The van der Waals surface area contributed by atoms with Gasteiger partial charge in [0.2, 0.25) is 0 Å². The molecule has 2 heterocycles. The van der Waals surface area contributed by atoms with Crippen LogP contribution in [0.1, 0.15) is 17.3 Å². The van der Waals surface area contributed by atoms with E-state index in [0.29, 0.717) is 22.4 Å². The molecule has 0 saturated carbocycles. The Kier molecular flexibility index (Phi) is 4.00. The molecule has 0 aliphatic rings. The van der Waals surface area contributed by atoms with Gasteiger partial charge in [0.15, 0.2) is 5.16 Å². The molecule has 19 heavy (non-hydrogen) atoms. The van der Waals surface area contributed by atoms with Crippen molar-refractivity contribution in [3.63, 3.8) is 0 Å². The number of ether oxygens (including phenoxy) is 1. The Hall–Kier alpha value is -2.09. The highest BCUT2D eigenvalue weighted by atomic mass is 32.2. The van der Waals surface area contributed by atoms with Crippen molar-refractivity contribution in [3.05, 3.63) is 24.2 Å². The monoisotopic (exact) mass is 279 g/mol. The quantitative estimate of drug-likeness (QED) is 0.838. The van der Waals surface area contributed by atoms with Crippen LogP contribution in [-0.2, 0) is 11.8 Å². The predicted octanol–water partition coefficient (Wildman–Crippen LogP) is 1.12. The number of hydrogen-bond donors (Lipinski definition) is 1. The highest BCUT2D eigenvalue weighted by molar-refractivity contribution is 7.99. The maximum Gasteiger partial charge on any atom is 0.340 e. The summed E-state index contributed by atoms with van der Waals surface area (Å²) in [5.41, 5.74) is 6.53. The van der Waals surface area contributed by atoms with Crippen molar-refractivity contribution in [1.82, 2.24) is 19.7 Å². The first-order valence-corrected chi connectivity index (χ1v) is 6.38. The average molecular weight is 279 g/mol. The van der Waals surface area contributed by atoms with Crippen molar-refractivity contribution in [2.24, 2.45) is 7.05 Å². The second-order valence-electron chi connectivity index (χ2n) is 3.57. The Morgan fingerprint density at radius 1 is 1.53 bits per heavy atom. The largest absolute Gasteiger partial charge is 0.462 e. The Labute approximate surface area is 114 Å². The minimum Gasteiger partial charge on any atom is -0.462 e. The lowest BCUT2D eigenvalue weighted by molar-refractivity contribution is 0.0527. The van der Waals surface area contributed by atoms with Gasteiger partial charge in [-0.1, -0.05) is 0 Å². The van der Waals surface area contributed by atoms with Crippen LogP contribution in [0.4, 0.5) is 5.69 Å². The summed E-state index contributed by atoms with van der Waals surface area (Å²) in [4.78, 5) is 19.9. The van der Waals surface area contributed by atoms with E-state index in [2.05, 4.69) is 15.1 Å².